The zero-order valence-corrected chi connectivity index (χ0v) is 12.3. The second kappa shape index (κ2) is 5.73. The van der Waals surface area contributed by atoms with Crippen molar-refractivity contribution in [1.29, 1.82) is 0 Å². The topological polar surface area (TPSA) is 69.4 Å². The number of aliphatic hydroxyl groups excluding tert-OH is 1. The van der Waals surface area contributed by atoms with E-state index in [-0.39, 0.29) is 13.4 Å². The van der Waals surface area contributed by atoms with Gasteiger partial charge in [-0.05, 0) is 29.8 Å². The monoisotopic (exact) mass is 309 g/mol. The average molecular weight is 309 g/mol. The number of hydrogen-bond donors (Lipinski definition) is 1. The minimum absolute atomic E-state index is 0.0397. The Labute approximate surface area is 132 Å². The van der Waals surface area contributed by atoms with Gasteiger partial charge in [-0.15, -0.1) is 0 Å². The Bertz CT molecular complexity index is 830. The zero-order valence-electron chi connectivity index (χ0n) is 12.3. The number of aliphatic hydroxyl groups is 1. The third-order valence-electron chi connectivity index (χ3n) is 3.73. The lowest BCUT2D eigenvalue weighted by molar-refractivity contribution is 0.174. The van der Waals surface area contributed by atoms with Crippen LogP contribution in [0.25, 0.3) is 22.4 Å². The van der Waals surface area contributed by atoms with Crippen molar-refractivity contribution in [3.8, 4) is 33.9 Å². The summed E-state index contributed by atoms with van der Waals surface area (Å²) >= 11 is 0. The van der Waals surface area contributed by atoms with Crippen LogP contribution in [0.1, 0.15) is 0 Å². The Morgan fingerprint density at radius 3 is 2.70 bits per heavy atom. The summed E-state index contributed by atoms with van der Waals surface area (Å²) in [5, 5.41) is 13.8. The third kappa shape index (κ3) is 2.53. The summed E-state index contributed by atoms with van der Waals surface area (Å²) in [5.41, 5.74) is 3.79. The van der Waals surface area contributed by atoms with Crippen LogP contribution in [0.3, 0.4) is 0 Å². The van der Waals surface area contributed by atoms with E-state index in [9.17, 15) is 5.11 Å². The fraction of sp³-hybridized carbons (Fsp3) is 0.176. The number of hydrogen-bond acceptors (Lipinski definition) is 5. The van der Waals surface area contributed by atoms with Crippen LogP contribution >= 0.6 is 0 Å². The number of fused-ring (bicyclic) bond motifs is 1. The van der Waals surface area contributed by atoms with Gasteiger partial charge in [0.1, 0.15) is 5.69 Å². The molecule has 3 heterocycles. The Hall–Kier alpha value is -2.86. The van der Waals surface area contributed by atoms with Crippen molar-refractivity contribution >= 4 is 0 Å². The quantitative estimate of drug-likeness (QED) is 0.801. The van der Waals surface area contributed by atoms with Crippen LogP contribution in [0.2, 0.25) is 0 Å². The van der Waals surface area contributed by atoms with Gasteiger partial charge in [-0.3, -0.25) is 9.67 Å². The second-order valence-electron chi connectivity index (χ2n) is 5.18. The summed E-state index contributed by atoms with van der Waals surface area (Å²) in [6.07, 6.45) is 5.41. The zero-order chi connectivity index (χ0) is 15.6. The van der Waals surface area contributed by atoms with Gasteiger partial charge < -0.3 is 14.6 Å². The summed E-state index contributed by atoms with van der Waals surface area (Å²) < 4.78 is 12.6. The highest BCUT2D eigenvalue weighted by molar-refractivity contribution is 5.81. The first-order chi connectivity index (χ1) is 11.3. The van der Waals surface area contributed by atoms with Crippen LogP contribution in [0.15, 0.2) is 48.9 Å². The van der Waals surface area contributed by atoms with E-state index in [1.807, 2.05) is 36.5 Å². The predicted molar refractivity (Wildman–Crippen MR) is 84.1 cm³/mol. The summed E-state index contributed by atoms with van der Waals surface area (Å²) in [5.74, 6) is 1.49. The number of pyridine rings is 1. The Balaban J connectivity index is 1.83. The smallest absolute Gasteiger partial charge is 0.231 e. The van der Waals surface area contributed by atoms with E-state index in [1.165, 1.54) is 0 Å². The first-order valence-corrected chi connectivity index (χ1v) is 7.34. The van der Waals surface area contributed by atoms with Crippen LogP contribution in [0.4, 0.5) is 0 Å². The van der Waals surface area contributed by atoms with Crippen molar-refractivity contribution in [3.05, 3.63) is 48.9 Å². The van der Waals surface area contributed by atoms with Crippen LogP contribution in [-0.2, 0) is 6.54 Å². The molecule has 6 heteroatoms. The fourth-order valence-corrected chi connectivity index (χ4v) is 2.64. The molecule has 0 bridgehead atoms. The largest absolute Gasteiger partial charge is 0.454 e. The number of rotatable bonds is 4. The number of benzene rings is 1. The van der Waals surface area contributed by atoms with Crippen molar-refractivity contribution in [2.24, 2.45) is 0 Å². The predicted octanol–water partition coefficient (Wildman–Crippen LogP) is 2.33. The van der Waals surface area contributed by atoms with Crippen LogP contribution < -0.4 is 9.47 Å². The molecule has 0 aliphatic carbocycles. The molecule has 1 aliphatic heterocycles. The van der Waals surface area contributed by atoms with E-state index in [0.29, 0.717) is 6.54 Å². The molecule has 0 fully saturated rings. The lowest BCUT2D eigenvalue weighted by Gasteiger charge is -2.04. The minimum atomic E-state index is 0.0397. The van der Waals surface area contributed by atoms with E-state index < -0.39 is 0 Å². The first-order valence-electron chi connectivity index (χ1n) is 7.34. The molecule has 23 heavy (non-hydrogen) atoms. The normalized spacial score (nSPS) is 12.6. The van der Waals surface area contributed by atoms with Gasteiger partial charge in [-0.1, -0.05) is 6.07 Å². The number of nitrogens with zero attached hydrogens (tertiary/aromatic N) is 3. The van der Waals surface area contributed by atoms with E-state index in [2.05, 4.69) is 10.1 Å². The van der Waals surface area contributed by atoms with Crippen molar-refractivity contribution < 1.29 is 14.6 Å². The third-order valence-corrected chi connectivity index (χ3v) is 3.73. The molecule has 3 aromatic rings. The second-order valence-corrected chi connectivity index (χ2v) is 5.18. The molecule has 1 N–H and O–H groups in total. The van der Waals surface area contributed by atoms with Gasteiger partial charge in [0.15, 0.2) is 11.5 Å². The lowest BCUT2D eigenvalue weighted by atomic mass is 10.0. The Morgan fingerprint density at radius 1 is 1.04 bits per heavy atom. The highest BCUT2D eigenvalue weighted by Gasteiger charge is 2.18. The number of aromatic nitrogens is 3. The molecular weight excluding hydrogens is 294 g/mol. The maximum Gasteiger partial charge on any atom is 0.231 e. The van der Waals surface area contributed by atoms with E-state index in [1.54, 1.807) is 17.1 Å². The lowest BCUT2D eigenvalue weighted by Crippen LogP contribution is -2.02. The first kappa shape index (κ1) is 13.8. The van der Waals surface area contributed by atoms with Crippen LogP contribution in [0, 0.1) is 0 Å². The molecule has 1 aliphatic rings. The molecule has 0 saturated carbocycles. The van der Waals surface area contributed by atoms with Gasteiger partial charge >= 0.3 is 0 Å². The fourth-order valence-electron chi connectivity index (χ4n) is 2.64. The van der Waals surface area contributed by atoms with E-state index in [4.69, 9.17) is 9.47 Å². The Kier molecular flexibility index (Phi) is 3.44. The van der Waals surface area contributed by atoms with Gasteiger partial charge in [0.05, 0.1) is 13.2 Å². The maximum absolute atomic E-state index is 9.18. The van der Waals surface area contributed by atoms with Gasteiger partial charge in [0, 0.05) is 29.7 Å². The molecule has 6 nitrogen and oxygen atoms in total. The molecule has 116 valence electrons. The molecule has 0 atom stereocenters. The van der Waals surface area contributed by atoms with Crippen molar-refractivity contribution in [3.63, 3.8) is 0 Å². The molecule has 0 unspecified atom stereocenters. The molecule has 0 spiro atoms. The summed E-state index contributed by atoms with van der Waals surface area (Å²) in [6, 6.07) is 9.67. The molecule has 1 aromatic carbocycles. The van der Waals surface area contributed by atoms with Crippen LogP contribution in [0.5, 0.6) is 11.5 Å². The molecule has 0 amide bonds. The van der Waals surface area contributed by atoms with Gasteiger partial charge in [-0.25, -0.2) is 0 Å². The molecule has 2 aromatic heterocycles. The van der Waals surface area contributed by atoms with Crippen molar-refractivity contribution in [2.45, 2.75) is 6.54 Å². The number of ether oxygens (including phenoxy) is 2. The summed E-state index contributed by atoms with van der Waals surface area (Å²) in [6.45, 7) is 0.737. The minimum Gasteiger partial charge on any atom is -0.454 e. The van der Waals surface area contributed by atoms with E-state index in [0.717, 1.165) is 33.9 Å². The summed E-state index contributed by atoms with van der Waals surface area (Å²) in [4.78, 5) is 4.05. The van der Waals surface area contributed by atoms with Gasteiger partial charge in [0.2, 0.25) is 6.79 Å². The molecule has 0 saturated heterocycles. The summed E-state index contributed by atoms with van der Waals surface area (Å²) in [7, 11) is 0. The van der Waals surface area contributed by atoms with Crippen molar-refractivity contribution in [2.75, 3.05) is 13.4 Å². The Morgan fingerprint density at radius 2 is 1.87 bits per heavy atom. The maximum atomic E-state index is 9.18. The van der Waals surface area contributed by atoms with E-state index >= 15 is 0 Å². The van der Waals surface area contributed by atoms with Gasteiger partial charge in [-0.2, -0.15) is 5.10 Å². The van der Waals surface area contributed by atoms with Crippen molar-refractivity contribution in [1.82, 2.24) is 14.8 Å². The van der Waals surface area contributed by atoms with Gasteiger partial charge in [0.25, 0.3) is 0 Å². The standard InChI is InChI=1S/C17H15N3O3/c21-8-7-20-10-14(17(19-20)12-3-5-18-6-4-12)13-1-2-15-16(9-13)23-11-22-15/h1-6,9-10,21H,7-8,11H2. The molecular formula is C17H15N3O3. The van der Waals surface area contributed by atoms with Crippen LogP contribution in [-0.4, -0.2) is 33.3 Å². The molecule has 4 rings (SSSR count). The highest BCUT2D eigenvalue weighted by atomic mass is 16.7. The average Bonchev–Trinajstić information content (AvgIpc) is 3.22. The highest BCUT2D eigenvalue weighted by Crippen LogP contribution is 2.38. The SMILES string of the molecule is OCCn1cc(-c2ccc3c(c2)OCO3)c(-c2ccncc2)n1. The molecule has 0 radical (unpaired) electrons.